The van der Waals surface area contributed by atoms with Crippen molar-refractivity contribution in [2.75, 3.05) is 27.6 Å². The molecular weight excluding hydrogens is 260 g/mol. The molecule has 0 spiro atoms. The molecule has 5 heteroatoms. The second kappa shape index (κ2) is 5.56. The van der Waals surface area contributed by atoms with E-state index in [2.05, 4.69) is 6.92 Å². The van der Waals surface area contributed by atoms with Crippen LogP contribution >= 0.6 is 0 Å². The highest BCUT2D eigenvalue weighted by Crippen LogP contribution is 2.53. The Labute approximate surface area is 120 Å². The lowest BCUT2D eigenvalue weighted by Gasteiger charge is -2.56. The fourth-order valence-electron chi connectivity index (χ4n) is 3.46. The van der Waals surface area contributed by atoms with Crippen molar-refractivity contribution in [3.63, 3.8) is 0 Å². The quantitative estimate of drug-likeness (QED) is 0.736. The highest BCUT2D eigenvalue weighted by atomic mass is 16.7. The maximum atomic E-state index is 12.1. The molecule has 114 valence electrons. The number of ether oxygens (including phenoxy) is 4. The second-order valence-corrected chi connectivity index (χ2v) is 5.91. The van der Waals surface area contributed by atoms with Gasteiger partial charge in [-0.25, -0.2) is 0 Å². The lowest BCUT2D eigenvalue weighted by Crippen LogP contribution is -2.63. The Kier molecular flexibility index (Phi) is 4.35. The van der Waals surface area contributed by atoms with E-state index in [1.165, 1.54) is 0 Å². The van der Waals surface area contributed by atoms with Crippen molar-refractivity contribution in [1.29, 1.82) is 0 Å². The average Bonchev–Trinajstić information content (AvgIpc) is 2.44. The average molecular weight is 284 g/mol. The maximum absolute atomic E-state index is 12.1. The van der Waals surface area contributed by atoms with E-state index in [9.17, 15) is 4.79 Å². The van der Waals surface area contributed by atoms with Crippen LogP contribution in [0.2, 0.25) is 0 Å². The molecule has 20 heavy (non-hydrogen) atoms. The van der Waals surface area contributed by atoms with Gasteiger partial charge in [-0.1, -0.05) is 19.9 Å². The molecule has 0 radical (unpaired) electrons. The number of carbonyl (C=O) groups is 1. The predicted molar refractivity (Wildman–Crippen MR) is 73.0 cm³/mol. The van der Waals surface area contributed by atoms with E-state index in [0.29, 0.717) is 6.61 Å². The summed E-state index contributed by atoms with van der Waals surface area (Å²) in [6, 6.07) is 0. The smallest absolute Gasteiger partial charge is 0.174 e. The second-order valence-electron chi connectivity index (χ2n) is 5.91. The third-order valence-corrected chi connectivity index (χ3v) is 4.97. The Morgan fingerprint density at radius 2 is 2.10 bits per heavy atom. The first kappa shape index (κ1) is 15.6. The molecule has 5 atom stereocenters. The normalized spacial score (nSPS) is 44.5. The summed E-state index contributed by atoms with van der Waals surface area (Å²) in [6.45, 7) is 6.50. The molecule has 2 rings (SSSR count). The number of methoxy groups -OCH3 is 2. The van der Waals surface area contributed by atoms with Crippen molar-refractivity contribution < 1.29 is 23.7 Å². The molecule has 0 N–H and O–H groups in total. The highest BCUT2D eigenvalue weighted by Gasteiger charge is 2.60. The topological polar surface area (TPSA) is 54.0 Å². The molecule has 1 fully saturated rings. The number of carbonyl (C=O) groups excluding carboxylic acids is 1. The molecule has 0 aromatic rings. The van der Waals surface area contributed by atoms with Crippen molar-refractivity contribution in [2.45, 2.75) is 32.7 Å². The van der Waals surface area contributed by atoms with Crippen molar-refractivity contribution in [2.24, 2.45) is 17.3 Å². The maximum Gasteiger partial charge on any atom is 0.174 e. The van der Waals surface area contributed by atoms with Gasteiger partial charge in [-0.2, -0.15) is 0 Å². The molecule has 1 aliphatic heterocycles. The van der Waals surface area contributed by atoms with Gasteiger partial charge in [-0.3, -0.25) is 4.79 Å². The van der Waals surface area contributed by atoms with Gasteiger partial charge in [0.05, 0.1) is 12.7 Å². The van der Waals surface area contributed by atoms with E-state index in [1.807, 2.05) is 19.9 Å². The molecule has 0 bridgehead atoms. The van der Waals surface area contributed by atoms with Crippen LogP contribution in [-0.2, 0) is 23.7 Å². The summed E-state index contributed by atoms with van der Waals surface area (Å²) in [5.74, 6) is -0.784. The SMILES string of the molecule is COCO[C@@H]1CO[C@](C)(OC)[C@]2(C)C=CC(=O)[C@H](C)[C@@H]12. The van der Waals surface area contributed by atoms with E-state index >= 15 is 0 Å². The highest BCUT2D eigenvalue weighted by molar-refractivity contribution is 5.93. The van der Waals surface area contributed by atoms with Crippen LogP contribution in [-0.4, -0.2) is 45.3 Å². The number of hydrogen-bond acceptors (Lipinski definition) is 5. The van der Waals surface area contributed by atoms with Crippen molar-refractivity contribution in [1.82, 2.24) is 0 Å². The van der Waals surface area contributed by atoms with Gasteiger partial charge in [0.15, 0.2) is 11.6 Å². The number of hydrogen-bond donors (Lipinski definition) is 0. The van der Waals surface area contributed by atoms with Crippen LogP contribution < -0.4 is 0 Å². The number of rotatable bonds is 4. The molecule has 1 saturated heterocycles. The monoisotopic (exact) mass is 284 g/mol. The molecule has 2 aliphatic rings. The van der Waals surface area contributed by atoms with Crippen LogP contribution in [0.4, 0.5) is 0 Å². The molecule has 0 aromatic carbocycles. The minimum Gasteiger partial charge on any atom is -0.359 e. The van der Waals surface area contributed by atoms with Crippen LogP contribution in [0.15, 0.2) is 12.2 Å². The largest absolute Gasteiger partial charge is 0.359 e. The van der Waals surface area contributed by atoms with E-state index in [0.717, 1.165) is 0 Å². The Hall–Kier alpha value is -0.750. The molecule has 5 nitrogen and oxygen atoms in total. The van der Waals surface area contributed by atoms with Crippen LogP contribution in [0, 0.1) is 17.3 Å². The van der Waals surface area contributed by atoms with Gasteiger partial charge in [0.2, 0.25) is 0 Å². The minimum absolute atomic E-state index is 0.00569. The fourth-order valence-corrected chi connectivity index (χ4v) is 3.46. The lowest BCUT2D eigenvalue weighted by atomic mass is 9.59. The summed E-state index contributed by atoms with van der Waals surface area (Å²) in [6.07, 6.45) is 3.36. The van der Waals surface area contributed by atoms with Crippen LogP contribution in [0.1, 0.15) is 20.8 Å². The zero-order chi connectivity index (χ0) is 15.0. The standard InChI is InChI=1S/C15H24O5/c1-10-11(16)6-7-14(2)13(10)12(19-9-17-4)8-20-15(14,3)18-5/h6-7,10,12-13H,8-9H2,1-5H3/t10-,12+,13-,14+,15-/m0/s1. The molecule has 0 unspecified atom stereocenters. The van der Waals surface area contributed by atoms with E-state index in [-0.39, 0.29) is 30.5 Å². The van der Waals surface area contributed by atoms with Crippen LogP contribution in [0.3, 0.4) is 0 Å². The Balaban J connectivity index is 2.38. The summed E-state index contributed by atoms with van der Waals surface area (Å²) >= 11 is 0. The van der Waals surface area contributed by atoms with E-state index in [1.54, 1.807) is 20.3 Å². The van der Waals surface area contributed by atoms with Crippen molar-refractivity contribution >= 4 is 5.78 Å². The molecule has 1 heterocycles. The summed E-state index contributed by atoms with van der Waals surface area (Å²) < 4.78 is 22.3. The predicted octanol–water partition coefficient (Wildman–Crippen LogP) is 1.77. The van der Waals surface area contributed by atoms with Gasteiger partial charge >= 0.3 is 0 Å². The molecule has 1 aliphatic carbocycles. The first-order valence-electron chi connectivity index (χ1n) is 6.92. The fraction of sp³-hybridized carbons (Fsp3) is 0.800. The van der Waals surface area contributed by atoms with Gasteiger partial charge in [-0.15, -0.1) is 0 Å². The van der Waals surface area contributed by atoms with Gasteiger partial charge in [0.1, 0.15) is 6.79 Å². The molecule has 0 amide bonds. The Morgan fingerprint density at radius 1 is 1.40 bits per heavy atom. The lowest BCUT2D eigenvalue weighted by molar-refractivity contribution is -0.331. The summed E-state index contributed by atoms with van der Waals surface area (Å²) in [5.41, 5.74) is -0.425. The van der Waals surface area contributed by atoms with Crippen molar-refractivity contribution in [3.05, 3.63) is 12.2 Å². The van der Waals surface area contributed by atoms with Gasteiger partial charge in [0, 0.05) is 31.5 Å². The first-order chi connectivity index (χ1) is 9.39. The Bertz CT molecular complexity index is 407. The molecular formula is C15H24O5. The van der Waals surface area contributed by atoms with Gasteiger partial charge < -0.3 is 18.9 Å². The van der Waals surface area contributed by atoms with Crippen LogP contribution in [0.25, 0.3) is 0 Å². The summed E-state index contributed by atoms with van der Waals surface area (Å²) in [7, 11) is 3.21. The summed E-state index contributed by atoms with van der Waals surface area (Å²) in [5, 5.41) is 0. The third-order valence-electron chi connectivity index (χ3n) is 4.97. The molecule has 0 saturated carbocycles. The van der Waals surface area contributed by atoms with Gasteiger partial charge in [0.25, 0.3) is 0 Å². The Morgan fingerprint density at radius 3 is 2.70 bits per heavy atom. The van der Waals surface area contributed by atoms with Crippen molar-refractivity contribution in [3.8, 4) is 0 Å². The van der Waals surface area contributed by atoms with E-state index in [4.69, 9.17) is 18.9 Å². The summed E-state index contributed by atoms with van der Waals surface area (Å²) in [4.78, 5) is 12.1. The number of allylic oxidation sites excluding steroid dienone is 1. The zero-order valence-corrected chi connectivity index (χ0v) is 12.8. The third kappa shape index (κ3) is 2.22. The van der Waals surface area contributed by atoms with Gasteiger partial charge in [-0.05, 0) is 13.0 Å². The first-order valence-corrected chi connectivity index (χ1v) is 6.92. The number of fused-ring (bicyclic) bond motifs is 1. The van der Waals surface area contributed by atoms with E-state index < -0.39 is 11.2 Å². The zero-order valence-electron chi connectivity index (χ0n) is 12.8. The molecule has 0 aromatic heterocycles. The van der Waals surface area contributed by atoms with Crippen LogP contribution in [0.5, 0.6) is 0 Å². The number of ketones is 1. The minimum atomic E-state index is -0.768.